The number of methoxy groups -OCH3 is 1. The lowest BCUT2D eigenvalue weighted by atomic mass is 10.1. The number of hydrogen-bond acceptors (Lipinski definition) is 5. The Hall–Kier alpha value is -1.87. The highest BCUT2D eigenvalue weighted by atomic mass is 79.9. The van der Waals surface area contributed by atoms with E-state index in [2.05, 4.69) is 31.9 Å². The number of nitrogens with one attached hydrogen (secondary N) is 2. The average molecular weight is 420 g/mol. The Morgan fingerprint density at radius 1 is 1.14 bits per heavy atom. The monoisotopic (exact) mass is 418 g/mol. The predicted molar refractivity (Wildman–Crippen MR) is 79.7 cm³/mol. The summed E-state index contributed by atoms with van der Waals surface area (Å²) in [5, 5.41) is 13.8. The van der Waals surface area contributed by atoms with E-state index in [4.69, 9.17) is 4.74 Å². The molecule has 1 aliphatic heterocycles. The summed E-state index contributed by atoms with van der Waals surface area (Å²) in [6.07, 6.45) is 1.27. The normalized spacial score (nSPS) is 14.6. The first-order valence-corrected chi connectivity index (χ1v) is 7.07. The highest BCUT2D eigenvalue weighted by Gasteiger charge is 2.28. The Morgan fingerprint density at radius 3 is 2.24 bits per heavy atom. The molecule has 9 heteroatoms. The van der Waals surface area contributed by atoms with Crippen molar-refractivity contribution in [2.45, 2.75) is 0 Å². The third-order valence-corrected chi connectivity index (χ3v) is 4.80. The largest absolute Gasteiger partial charge is 0.503 e. The molecule has 1 aliphatic rings. The number of aromatic hydroxyl groups is 1. The molecule has 1 heterocycles. The minimum absolute atomic E-state index is 0.126. The van der Waals surface area contributed by atoms with Crippen molar-refractivity contribution in [2.24, 2.45) is 0 Å². The van der Waals surface area contributed by atoms with Crippen LogP contribution in [0.4, 0.5) is 4.79 Å². The molecule has 0 aromatic heterocycles. The number of phenols is 1. The molecule has 0 spiro atoms. The maximum absolute atomic E-state index is 11.7. The van der Waals surface area contributed by atoms with E-state index in [1.807, 2.05) is 10.6 Å². The summed E-state index contributed by atoms with van der Waals surface area (Å²) in [6, 6.07) is 0.569. The van der Waals surface area contributed by atoms with Gasteiger partial charge in [-0.15, -0.1) is 0 Å². The molecule has 1 saturated heterocycles. The average Bonchev–Trinajstić information content (AvgIpc) is 2.42. The highest BCUT2D eigenvalue weighted by Crippen LogP contribution is 2.42. The SMILES string of the molecule is COc1cc(C=C2C(=O)NC(=O)NC2=O)c(Br)c(Br)c1O. The molecule has 1 aromatic rings. The van der Waals surface area contributed by atoms with Crippen LogP contribution < -0.4 is 15.4 Å². The molecule has 0 bridgehead atoms. The molecule has 0 radical (unpaired) electrons. The molecule has 7 nitrogen and oxygen atoms in total. The molecule has 4 amide bonds. The zero-order valence-electron chi connectivity index (χ0n) is 10.5. The maximum Gasteiger partial charge on any atom is 0.328 e. The van der Waals surface area contributed by atoms with Gasteiger partial charge < -0.3 is 9.84 Å². The van der Waals surface area contributed by atoms with Gasteiger partial charge in [-0.2, -0.15) is 0 Å². The molecule has 1 fully saturated rings. The fourth-order valence-corrected chi connectivity index (χ4v) is 2.48. The Kier molecular flexibility index (Phi) is 4.33. The van der Waals surface area contributed by atoms with Gasteiger partial charge in [0, 0.05) is 4.47 Å². The van der Waals surface area contributed by atoms with Gasteiger partial charge in [0.05, 0.1) is 11.6 Å². The predicted octanol–water partition coefficient (Wildman–Crippen LogP) is 1.68. The van der Waals surface area contributed by atoms with Gasteiger partial charge in [0.2, 0.25) is 0 Å². The molecule has 2 rings (SSSR count). The Bertz CT molecular complexity index is 677. The number of benzene rings is 1. The number of phenolic OH excluding ortho intramolecular Hbond substituents is 1. The third-order valence-electron chi connectivity index (χ3n) is 2.64. The number of amides is 4. The van der Waals surface area contributed by atoms with Crippen molar-refractivity contribution < 1.29 is 24.2 Å². The summed E-state index contributed by atoms with van der Waals surface area (Å²) in [4.78, 5) is 34.3. The summed E-state index contributed by atoms with van der Waals surface area (Å²) in [6.45, 7) is 0. The summed E-state index contributed by atoms with van der Waals surface area (Å²) in [5.74, 6) is -1.58. The number of barbiturate groups is 1. The van der Waals surface area contributed by atoms with E-state index in [9.17, 15) is 19.5 Å². The van der Waals surface area contributed by atoms with Gasteiger partial charge in [-0.05, 0) is 49.6 Å². The van der Waals surface area contributed by atoms with Crippen LogP contribution in [0.2, 0.25) is 0 Å². The Balaban J connectivity index is 2.55. The van der Waals surface area contributed by atoms with Gasteiger partial charge in [0.1, 0.15) is 5.57 Å². The van der Waals surface area contributed by atoms with Crippen molar-refractivity contribution >= 4 is 55.8 Å². The van der Waals surface area contributed by atoms with Gasteiger partial charge in [-0.25, -0.2) is 4.79 Å². The van der Waals surface area contributed by atoms with E-state index in [0.29, 0.717) is 14.5 Å². The molecule has 0 aliphatic carbocycles. The van der Waals surface area contributed by atoms with Crippen LogP contribution in [0.25, 0.3) is 6.08 Å². The first-order valence-electron chi connectivity index (χ1n) is 5.48. The molecule has 0 saturated carbocycles. The van der Waals surface area contributed by atoms with Gasteiger partial charge >= 0.3 is 6.03 Å². The van der Waals surface area contributed by atoms with Crippen molar-refractivity contribution in [3.63, 3.8) is 0 Å². The van der Waals surface area contributed by atoms with Crippen LogP contribution in [-0.4, -0.2) is 30.1 Å². The molecular weight excluding hydrogens is 412 g/mol. The summed E-state index contributed by atoms with van der Waals surface area (Å²) >= 11 is 6.40. The van der Waals surface area contributed by atoms with Crippen molar-refractivity contribution in [2.75, 3.05) is 7.11 Å². The first kappa shape index (κ1) is 15.5. The Labute approximate surface area is 135 Å². The molecule has 110 valence electrons. The Morgan fingerprint density at radius 2 is 1.71 bits per heavy atom. The van der Waals surface area contributed by atoms with Gasteiger partial charge in [-0.1, -0.05) is 0 Å². The lowest BCUT2D eigenvalue weighted by Gasteiger charge is -2.15. The van der Waals surface area contributed by atoms with Gasteiger partial charge in [-0.3, -0.25) is 20.2 Å². The van der Waals surface area contributed by atoms with E-state index in [1.165, 1.54) is 19.3 Å². The number of rotatable bonds is 2. The second-order valence-electron chi connectivity index (χ2n) is 3.94. The van der Waals surface area contributed by atoms with E-state index >= 15 is 0 Å². The maximum atomic E-state index is 11.7. The standard InChI is InChI=1S/C12H8Br2N2O5/c1-21-6-3-4(7(13)8(14)9(6)17)2-5-10(18)15-12(20)16-11(5)19/h2-3,17H,1H3,(H2,15,16,18,19,20). The van der Waals surface area contributed by atoms with Crippen LogP contribution in [-0.2, 0) is 9.59 Å². The zero-order chi connectivity index (χ0) is 15.7. The molecular formula is C12H8Br2N2O5. The minimum Gasteiger partial charge on any atom is -0.503 e. The summed E-state index contributed by atoms with van der Waals surface area (Å²) in [7, 11) is 1.37. The quantitative estimate of drug-likeness (QED) is 0.499. The molecule has 21 heavy (non-hydrogen) atoms. The molecule has 1 aromatic carbocycles. The first-order chi connectivity index (χ1) is 9.85. The second kappa shape index (κ2) is 5.86. The fraction of sp³-hybridized carbons (Fsp3) is 0.0833. The lowest BCUT2D eigenvalue weighted by Crippen LogP contribution is -2.51. The van der Waals surface area contributed by atoms with Crippen LogP contribution in [0.15, 0.2) is 20.6 Å². The topological polar surface area (TPSA) is 105 Å². The van der Waals surface area contributed by atoms with Crippen LogP contribution in [0.3, 0.4) is 0 Å². The summed E-state index contributed by atoms with van der Waals surface area (Å²) in [5.41, 5.74) is 0.168. The van der Waals surface area contributed by atoms with Gasteiger partial charge in [0.25, 0.3) is 11.8 Å². The van der Waals surface area contributed by atoms with Crippen molar-refractivity contribution in [3.8, 4) is 11.5 Å². The number of carbonyl (C=O) groups excluding carboxylic acids is 3. The highest BCUT2D eigenvalue weighted by molar-refractivity contribution is 9.13. The van der Waals surface area contributed by atoms with Crippen LogP contribution in [0, 0.1) is 0 Å². The van der Waals surface area contributed by atoms with E-state index in [0.717, 1.165) is 0 Å². The van der Waals surface area contributed by atoms with Crippen LogP contribution >= 0.6 is 31.9 Å². The van der Waals surface area contributed by atoms with E-state index < -0.39 is 17.8 Å². The van der Waals surface area contributed by atoms with Crippen LogP contribution in [0.5, 0.6) is 11.5 Å². The third kappa shape index (κ3) is 2.93. The number of halogens is 2. The molecule has 0 unspecified atom stereocenters. The van der Waals surface area contributed by atoms with Gasteiger partial charge in [0.15, 0.2) is 11.5 Å². The number of imide groups is 2. The number of ether oxygens (including phenoxy) is 1. The smallest absolute Gasteiger partial charge is 0.328 e. The second-order valence-corrected chi connectivity index (χ2v) is 5.53. The lowest BCUT2D eigenvalue weighted by molar-refractivity contribution is -0.123. The van der Waals surface area contributed by atoms with Crippen molar-refractivity contribution in [1.29, 1.82) is 0 Å². The summed E-state index contributed by atoms with van der Waals surface area (Å²) < 4.78 is 5.72. The van der Waals surface area contributed by atoms with Crippen molar-refractivity contribution in [3.05, 3.63) is 26.1 Å². The van der Waals surface area contributed by atoms with E-state index in [-0.39, 0.29) is 17.1 Å². The number of urea groups is 1. The number of carbonyl (C=O) groups is 3. The molecule has 3 N–H and O–H groups in total. The zero-order valence-corrected chi connectivity index (χ0v) is 13.7. The minimum atomic E-state index is -0.870. The number of hydrogen-bond donors (Lipinski definition) is 3. The van der Waals surface area contributed by atoms with Crippen molar-refractivity contribution in [1.82, 2.24) is 10.6 Å². The van der Waals surface area contributed by atoms with E-state index in [1.54, 1.807) is 0 Å². The fourth-order valence-electron chi connectivity index (χ4n) is 1.63. The van der Waals surface area contributed by atoms with Crippen LogP contribution in [0.1, 0.15) is 5.56 Å². The molecule has 0 atom stereocenters.